The Balaban J connectivity index is 2.62. The molecule has 1 aromatic heterocycles. The number of hydrogen-bond acceptors (Lipinski definition) is 1. The van der Waals surface area contributed by atoms with Gasteiger partial charge in [-0.3, -0.25) is 0 Å². The molecule has 0 saturated heterocycles. The highest BCUT2D eigenvalue weighted by Crippen LogP contribution is 2.31. The number of nitrogens with zero attached hydrogens (tertiary/aromatic N) is 1. The molecule has 0 bridgehead atoms. The van der Waals surface area contributed by atoms with Crippen LogP contribution >= 0.6 is 11.3 Å². The molecule has 17 heavy (non-hydrogen) atoms. The van der Waals surface area contributed by atoms with Crippen LogP contribution in [-0.2, 0) is 12.5 Å². The maximum Gasteiger partial charge on any atom is 0.224 e. The first-order valence-corrected chi connectivity index (χ1v) is 6.88. The topological polar surface area (TPSA) is 3.88 Å². The molecule has 0 spiro atoms. The van der Waals surface area contributed by atoms with Crippen molar-refractivity contribution in [3.63, 3.8) is 0 Å². The van der Waals surface area contributed by atoms with E-state index in [0.29, 0.717) is 0 Å². The molecule has 1 aromatic carbocycles. The van der Waals surface area contributed by atoms with Gasteiger partial charge in [0.15, 0.2) is 0 Å². The molecule has 0 saturated carbocycles. The van der Waals surface area contributed by atoms with E-state index in [1.807, 2.05) is 0 Å². The largest absolute Gasteiger partial charge is 0.224 e. The van der Waals surface area contributed by atoms with Crippen LogP contribution in [0.25, 0.3) is 11.3 Å². The number of aryl methyl sites for hydroxylation is 1. The summed E-state index contributed by atoms with van der Waals surface area (Å²) < 4.78 is 2.19. The van der Waals surface area contributed by atoms with E-state index < -0.39 is 0 Å². The number of hydrogen-bond donors (Lipinski definition) is 0. The molecule has 0 aliphatic carbocycles. The van der Waals surface area contributed by atoms with Gasteiger partial charge in [0.25, 0.3) is 0 Å². The van der Waals surface area contributed by atoms with Crippen molar-refractivity contribution in [1.29, 1.82) is 0 Å². The Kier molecular flexibility index (Phi) is 3.09. The van der Waals surface area contributed by atoms with E-state index in [2.05, 4.69) is 68.4 Å². The first-order chi connectivity index (χ1) is 7.91. The lowest BCUT2D eigenvalue weighted by Crippen LogP contribution is -2.27. The second-order valence-electron chi connectivity index (χ2n) is 5.58. The molecule has 2 heteroatoms. The fraction of sp³-hybridized carbons (Fsp3) is 0.400. The van der Waals surface area contributed by atoms with Gasteiger partial charge in [0.05, 0.1) is 10.9 Å². The van der Waals surface area contributed by atoms with E-state index in [4.69, 9.17) is 0 Å². The lowest BCUT2D eigenvalue weighted by atomic mass is 9.82. The summed E-state index contributed by atoms with van der Waals surface area (Å²) in [4.78, 5) is 0. The van der Waals surface area contributed by atoms with Gasteiger partial charge in [-0.15, -0.1) is 0 Å². The number of rotatable bonds is 1. The molecule has 0 radical (unpaired) electrons. The molecule has 0 unspecified atom stereocenters. The first kappa shape index (κ1) is 12.3. The third-order valence-electron chi connectivity index (χ3n) is 3.20. The molecule has 2 rings (SSSR count). The molecule has 2 aromatic rings. The van der Waals surface area contributed by atoms with Gasteiger partial charge in [-0.2, -0.15) is 4.57 Å². The second kappa shape index (κ2) is 4.26. The zero-order valence-corrected chi connectivity index (χ0v) is 12.1. The van der Waals surface area contributed by atoms with Gasteiger partial charge in [0.1, 0.15) is 7.05 Å². The van der Waals surface area contributed by atoms with Crippen molar-refractivity contribution in [2.24, 2.45) is 7.05 Å². The summed E-state index contributed by atoms with van der Waals surface area (Å²) >= 11 is 1.75. The minimum Gasteiger partial charge on any atom is -0.191 e. The van der Waals surface area contributed by atoms with Crippen LogP contribution in [0.4, 0.5) is 0 Å². The minimum atomic E-state index is 0.203. The summed E-state index contributed by atoms with van der Waals surface area (Å²) in [7, 11) is 2.11. The molecule has 1 heterocycles. The zero-order valence-electron chi connectivity index (χ0n) is 11.2. The summed E-state index contributed by atoms with van der Waals surface area (Å²) in [5, 5.41) is 2.22. The Morgan fingerprint density at radius 2 is 1.88 bits per heavy atom. The summed E-state index contributed by atoms with van der Waals surface area (Å²) in [5.41, 5.74) is 7.82. The Morgan fingerprint density at radius 3 is 2.41 bits per heavy atom. The van der Waals surface area contributed by atoms with E-state index in [1.54, 1.807) is 11.3 Å². The molecule has 0 atom stereocenters. The third kappa shape index (κ3) is 2.27. The van der Waals surface area contributed by atoms with Crippen molar-refractivity contribution in [1.82, 2.24) is 0 Å². The Morgan fingerprint density at radius 1 is 1.18 bits per heavy atom. The maximum absolute atomic E-state index is 2.27. The van der Waals surface area contributed by atoms with Gasteiger partial charge in [-0.05, 0) is 29.5 Å². The average molecular weight is 246 g/mol. The van der Waals surface area contributed by atoms with E-state index in [-0.39, 0.29) is 5.41 Å². The Hall–Kier alpha value is -1.15. The maximum atomic E-state index is 2.27. The van der Waals surface area contributed by atoms with Gasteiger partial charge in [-0.1, -0.05) is 44.2 Å². The molecular formula is C15H20NS+. The van der Waals surface area contributed by atoms with E-state index in [9.17, 15) is 0 Å². The quantitative estimate of drug-likeness (QED) is 0.673. The normalized spacial score (nSPS) is 11.8. The van der Waals surface area contributed by atoms with Gasteiger partial charge < -0.3 is 0 Å². The standard InChI is InChI=1S/C15H20NS/c1-11-12(14-9-17-10-16(14)5)7-6-8-13(11)15(2,3)4/h6-10H,1-5H3/q+1. The van der Waals surface area contributed by atoms with Gasteiger partial charge >= 0.3 is 0 Å². The van der Waals surface area contributed by atoms with Crippen molar-refractivity contribution in [3.05, 3.63) is 40.2 Å². The average Bonchev–Trinajstić information content (AvgIpc) is 2.63. The smallest absolute Gasteiger partial charge is 0.191 e. The van der Waals surface area contributed by atoms with E-state index in [1.165, 1.54) is 22.4 Å². The van der Waals surface area contributed by atoms with Crippen molar-refractivity contribution in [3.8, 4) is 11.3 Å². The Bertz CT molecular complexity index is 532. The Labute approximate surface area is 108 Å². The van der Waals surface area contributed by atoms with Crippen molar-refractivity contribution >= 4 is 11.3 Å². The van der Waals surface area contributed by atoms with Crippen LogP contribution in [0.5, 0.6) is 0 Å². The summed E-state index contributed by atoms with van der Waals surface area (Å²) in [6.45, 7) is 9.04. The summed E-state index contributed by atoms with van der Waals surface area (Å²) in [6, 6.07) is 6.62. The number of thiazole rings is 1. The highest BCUT2D eigenvalue weighted by atomic mass is 32.1. The van der Waals surface area contributed by atoms with E-state index in [0.717, 1.165) is 0 Å². The monoisotopic (exact) mass is 246 g/mol. The second-order valence-corrected chi connectivity index (χ2v) is 6.30. The predicted octanol–water partition coefficient (Wildman–Crippen LogP) is 3.85. The lowest BCUT2D eigenvalue weighted by Gasteiger charge is -2.22. The highest BCUT2D eigenvalue weighted by molar-refractivity contribution is 7.07. The SMILES string of the molecule is Cc1c(-c2csc[n+]2C)cccc1C(C)(C)C. The van der Waals surface area contributed by atoms with Crippen LogP contribution in [0.2, 0.25) is 0 Å². The molecule has 90 valence electrons. The van der Waals surface area contributed by atoms with Gasteiger partial charge in [-0.25, -0.2) is 0 Å². The van der Waals surface area contributed by atoms with Crippen molar-refractivity contribution in [2.75, 3.05) is 0 Å². The van der Waals surface area contributed by atoms with Crippen LogP contribution < -0.4 is 4.57 Å². The van der Waals surface area contributed by atoms with Crippen LogP contribution in [-0.4, -0.2) is 0 Å². The van der Waals surface area contributed by atoms with Crippen molar-refractivity contribution < 1.29 is 4.57 Å². The fourth-order valence-corrected chi connectivity index (χ4v) is 3.08. The molecule has 1 nitrogen and oxygen atoms in total. The predicted molar refractivity (Wildman–Crippen MR) is 74.4 cm³/mol. The molecule has 0 aliphatic rings. The third-order valence-corrected chi connectivity index (χ3v) is 3.99. The molecule has 0 amide bonds. The summed E-state index contributed by atoms with van der Waals surface area (Å²) in [5.74, 6) is 0. The molecule has 0 aliphatic heterocycles. The first-order valence-electron chi connectivity index (χ1n) is 5.93. The van der Waals surface area contributed by atoms with Crippen LogP contribution in [0, 0.1) is 6.92 Å². The lowest BCUT2D eigenvalue weighted by molar-refractivity contribution is -0.655. The fourth-order valence-electron chi connectivity index (χ4n) is 2.31. The highest BCUT2D eigenvalue weighted by Gasteiger charge is 2.21. The molecule has 0 N–H and O–H groups in total. The summed E-state index contributed by atoms with van der Waals surface area (Å²) in [6.07, 6.45) is 0. The number of benzene rings is 1. The zero-order chi connectivity index (χ0) is 12.6. The van der Waals surface area contributed by atoms with Crippen molar-refractivity contribution in [2.45, 2.75) is 33.1 Å². The van der Waals surface area contributed by atoms with Gasteiger partial charge in [0, 0.05) is 0 Å². The van der Waals surface area contributed by atoms with E-state index >= 15 is 0 Å². The molecular weight excluding hydrogens is 226 g/mol. The minimum absolute atomic E-state index is 0.203. The van der Waals surface area contributed by atoms with Crippen LogP contribution in [0.3, 0.4) is 0 Å². The van der Waals surface area contributed by atoms with Crippen LogP contribution in [0.1, 0.15) is 31.9 Å². The van der Waals surface area contributed by atoms with Gasteiger partial charge in [0.2, 0.25) is 11.2 Å². The molecule has 0 fully saturated rings. The number of aromatic nitrogens is 1. The van der Waals surface area contributed by atoms with Crippen LogP contribution in [0.15, 0.2) is 29.1 Å².